The predicted octanol–water partition coefficient (Wildman–Crippen LogP) is 2.57. The van der Waals surface area contributed by atoms with Crippen LogP contribution in [-0.4, -0.2) is 38.9 Å². The number of methoxy groups -OCH3 is 1. The van der Waals surface area contributed by atoms with E-state index >= 15 is 0 Å². The van der Waals surface area contributed by atoms with E-state index < -0.39 is 15.9 Å². The lowest BCUT2D eigenvalue weighted by molar-refractivity contribution is -0.146. The summed E-state index contributed by atoms with van der Waals surface area (Å²) in [4.78, 5) is 11.6. The van der Waals surface area contributed by atoms with Gasteiger partial charge in [0.05, 0.1) is 17.9 Å². The molecule has 1 aliphatic heterocycles. The average Bonchev–Trinajstić information content (AvgIpc) is 2.45. The molecule has 21 heavy (non-hydrogen) atoms. The summed E-state index contributed by atoms with van der Waals surface area (Å²) < 4.78 is 31.2. The van der Waals surface area contributed by atoms with Gasteiger partial charge in [-0.3, -0.25) is 4.79 Å². The first-order valence-corrected chi connectivity index (χ1v) is 8.58. The van der Waals surface area contributed by atoms with E-state index in [0.717, 1.165) is 0 Å². The number of hydrogen-bond acceptors (Lipinski definition) is 4. The normalized spacial score (nSPS) is 20.2. The highest BCUT2D eigenvalue weighted by molar-refractivity contribution is 7.89. The number of carbonyl (C=O) groups is 1. The smallest absolute Gasteiger partial charge is 0.309 e. The van der Waals surface area contributed by atoms with Crippen molar-refractivity contribution >= 4 is 39.2 Å². The van der Waals surface area contributed by atoms with Crippen LogP contribution in [0.1, 0.15) is 12.8 Å². The molecule has 0 radical (unpaired) electrons. The Bertz CT molecular complexity index is 627. The molecule has 0 aromatic heterocycles. The van der Waals surface area contributed by atoms with E-state index in [1.807, 2.05) is 0 Å². The van der Waals surface area contributed by atoms with Gasteiger partial charge < -0.3 is 4.74 Å². The lowest BCUT2D eigenvalue weighted by atomic mass is 10.0. The summed E-state index contributed by atoms with van der Waals surface area (Å²) in [5, 5.41) is 0.505. The molecule has 1 saturated heterocycles. The minimum Gasteiger partial charge on any atom is -0.469 e. The molecule has 0 amide bonds. The van der Waals surface area contributed by atoms with Crippen LogP contribution in [0.25, 0.3) is 0 Å². The standard InChI is InChI=1S/C13H15Cl2NO4S/c1-20-13(17)9-3-2-4-16(8-9)21(18,19)12-6-10(14)5-11(15)7-12/h5-7,9H,2-4,8H2,1H3. The van der Waals surface area contributed by atoms with Gasteiger partial charge in [-0.15, -0.1) is 0 Å². The zero-order valence-corrected chi connectivity index (χ0v) is 13.7. The summed E-state index contributed by atoms with van der Waals surface area (Å²) >= 11 is 11.7. The van der Waals surface area contributed by atoms with Gasteiger partial charge in [-0.2, -0.15) is 4.31 Å². The van der Waals surface area contributed by atoms with Gasteiger partial charge in [0.15, 0.2) is 0 Å². The average molecular weight is 352 g/mol. The van der Waals surface area contributed by atoms with Crippen molar-refractivity contribution in [2.45, 2.75) is 17.7 Å². The number of ether oxygens (including phenoxy) is 1. The monoisotopic (exact) mass is 351 g/mol. The quantitative estimate of drug-likeness (QED) is 0.785. The number of esters is 1. The molecule has 5 nitrogen and oxygen atoms in total. The topological polar surface area (TPSA) is 63.7 Å². The Morgan fingerprint density at radius 1 is 1.29 bits per heavy atom. The maximum absolute atomic E-state index is 12.6. The molecule has 1 unspecified atom stereocenters. The fraction of sp³-hybridized carbons (Fsp3) is 0.462. The summed E-state index contributed by atoms with van der Waals surface area (Å²) in [5.41, 5.74) is 0. The second-order valence-corrected chi connectivity index (χ2v) is 7.64. The predicted molar refractivity (Wildman–Crippen MR) is 80.0 cm³/mol. The van der Waals surface area contributed by atoms with Crippen molar-refractivity contribution in [1.29, 1.82) is 0 Å². The number of hydrogen-bond donors (Lipinski definition) is 0. The van der Waals surface area contributed by atoms with E-state index in [9.17, 15) is 13.2 Å². The number of sulfonamides is 1. The van der Waals surface area contributed by atoms with Crippen LogP contribution in [0.2, 0.25) is 10.0 Å². The minimum atomic E-state index is -3.73. The van der Waals surface area contributed by atoms with Gasteiger partial charge >= 0.3 is 5.97 Å². The Balaban J connectivity index is 2.28. The van der Waals surface area contributed by atoms with Gasteiger partial charge in [-0.25, -0.2) is 8.42 Å². The summed E-state index contributed by atoms with van der Waals surface area (Å²) in [5.74, 6) is -0.827. The maximum Gasteiger partial charge on any atom is 0.309 e. The van der Waals surface area contributed by atoms with Crippen molar-refractivity contribution in [2.75, 3.05) is 20.2 Å². The lowest BCUT2D eigenvalue weighted by Gasteiger charge is -2.30. The number of benzene rings is 1. The molecule has 2 rings (SSSR count). The van der Waals surface area contributed by atoms with E-state index in [2.05, 4.69) is 0 Å². The molecule has 0 aliphatic carbocycles. The highest BCUT2D eigenvalue weighted by Gasteiger charge is 2.34. The Morgan fingerprint density at radius 2 is 1.90 bits per heavy atom. The molecule has 0 N–H and O–H groups in total. The van der Waals surface area contributed by atoms with Gasteiger partial charge in [-0.05, 0) is 31.0 Å². The summed E-state index contributed by atoms with van der Waals surface area (Å²) in [6, 6.07) is 4.17. The van der Waals surface area contributed by atoms with Crippen LogP contribution < -0.4 is 0 Å². The van der Waals surface area contributed by atoms with E-state index in [1.165, 1.54) is 29.6 Å². The second-order valence-electron chi connectivity index (χ2n) is 4.83. The molecule has 0 bridgehead atoms. The fourth-order valence-electron chi connectivity index (χ4n) is 2.35. The van der Waals surface area contributed by atoms with Crippen LogP contribution in [0.3, 0.4) is 0 Å². The molecule has 0 saturated carbocycles. The highest BCUT2D eigenvalue weighted by atomic mass is 35.5. The largest absolute Gasteiger partial charge is 0.469 e. The first-order valence-electron chi connectivity index (χ1n) is 6.38. The van der Waals surface area contributed by atoms with Gasteiger partial charge in [0.1, 0.15) is 0 Å². The summed E-state index contributed by atoms with van der Waals surface area (Å²) in [6.07, 6.45) is 1.22. The molecular formula is C13H15Cl2NO4S. The van der Waals surface area contributed by atoms with Crippen molar-refractivity contribution < 1.29 is 17.9 Å². The van der Waals surface area contributed by atoms with Crippen molar-refractivity contribution in [1.82, 2.24) is 4.31 Å². The van der Waals surface area contributed by atoms with Gasteiger partial charge in [0.2, 0.25) is 10.0 Å². The first-order chi connectivity index (χ1) is 9.84. The SMILES string of the molecule is COC(=O)C1CCCN(S(=O)(=O)c2cc(Cl)cc(Cl)c2)C1. The van der Waals surface area contributed by atoms with Crippen LogP contribution in [0.5, 0.6) is 0 Å². The third-order valence-corrected chi connectivity index (χ3v) is 5.67. The zero-order chi connectivity index (χ0) is 15.6. The van der Waals surface area contributed by atoms with Crippen LogP contribution in [0, 0.1) is 5.92 Å². The number of nitrogens with zero attached hydrogens (tertiary/aromatic N) is 1. The molecule has 1 aliphatic rings. The number of rotatable bonds is 3. The van der Waals surface area contributed by atoms with Crippen molar-refractivity contribution in [3.63, 3.8) is 0 Å². The van der Waals surface area contributed by atoms with Crippen LogP contribution in [0.15, 0.2) is 23.1 Å². The summed E-state index contributed by atoms with van der Waals surface area (Å²) in [6.45, 7) is 0.471. The third kappa shape index (κ3) is 3.69. The number of carbonyl (C=O) groups excluding carboxylic acids is 1. The molecule has 1 aromatic rings. The van der Waals surface area contributed by atoms with Crippen LogP contribution in [0.4, 0.5) is 0 Å². The molecule has 0 spiro atoms. The van der Waals surface area contributed by atoms with Crippen molar-refractivity contribution in [2.24, 2.45) is 5.92 Å². The van der Waals surface area contributed by atoms with Crippen LogP contribution >= 0.6 is 23.2 Å². The van der Waals surface area contributed by atoms with E-state index in [4.69, 9.17) is 27.9 Å². The Labute approximate surface area is 133 Å². The molecule has 1 heterocycles. The number of piperidine rings is 1. The van der Waals surface area contributed by atoms with E-state index in [1.54, 1.807) is 0 Å². The molecular weight excluding hydrogens is 337 g/mol. The Kier molecular flexibility index (Phi) is 5.14. The molecule has 1 atom stereocenters. The Hall–Kier alpha value is -0.820. The zero-order valence-electron chi connectivity index (χ0n) is 11.4. The maximum atomic E-state index is 12.6. The van der Waals surface area contributed by atoms with Crippen LogP contribution in [-0.2, 0) is 19.6 Å². The molecule has 1 aromatic carbocycles. The minimum absolute atomic E-state index is 0.0329. The first kappa shape index (κ1) is 16.5. The Morgan fingerprint density at radius 3 is 2.48 bits per heavy atom. The molecule has 1 fully saturated rings. The van der Waals surface area contributed by atoms with E-state index in [-0.39, 0.29) is 27.5 Å². The van der Waals surface area contributed by atoms with Gasteiger partial charge in [-0.1, -0.05) is 23.2 Å². The molecule has 116 valence electrons. The molecule has 8 heteroatoms. The highest BCUT2D eigenvalue weighted by Crippen LogP contribution is 2.28. The van der Waals surface area contributed by atoms with Gasteiger partial charge in [0.25, 0.3) is 0 Å². The van der Waals surface area contributed by atoms with Gasteiger partial charge in [0, 0.05) is 23.1 Å². The lowest BCUT2D eigenvalue weighted by Crippen LogP contribution is -2.42. The summed E-state index contributed by atoms with van der Waals surface area (Å²) in [7, 11) is -2.43. The van der Waals surface area contributed by atoms with E-state index in [0.29, 0.717) is 19.4 Å². The second kappa shape index (κ2) is 6.52. The fourth-order valence-corrected chi connectivity index (χ4v) is 4.60. The van der Waals surface area contributed by atoms with Crippen molar-refractivity contribution in [3.8, 4) is 0 Å². The van der Waals surface area contributed by atoms with Crippen molar-refractivity contribution in [3.05, 3.63) is 28.2 Å². The number of halogens is 2. The third-order valence-electron chi connectivity index (χ3n) is 3.39.